The van der Waals surface area contributed by atoms with Gasteiger partial charge in [0.1, 0.15) is 0 Å². The molecule has 0 aromatic rings. The minimum absolute atomic E-state index is 0.176. The highest BCUT2D eigenvalue weighted by molar-refractivity contribution is 4.89. The highest BCUT2D eigenvalue weighted by atomic mass is 19.3. The minimum atomic E-state index is -2.56. The third-order valence-electron chi connectivity index (χ3n) is 1.49. The van der Waals surface area contributed by atoms with Gasteiger partial charge in [-0.15, -0.1) is 0 Å². The second-order valence-electron chi connectivity index (χ2n) is 2.40. The van der Waals surface area contributed by atoms with E-state index in [9.17, 15) is 8.78 Å². The molecule has 1 rings (SSSR count). The molecule has 0 amide bonds. The third-order valence-corrected chi connectivity index (χ3v) is 1.49. The van der Waals surface area contributed by atoms with Gasteiger partial charge in [0.15, 0.2) is 0 Å². The lowest BCUT2D eigenvalue weighted by Crippen LogP contribution is -2.27. The number of hydrogen-bond donors (Lipinski definition) is 1. The van der Waals surface area contributed by atoms with E-state index < -0.39 is 12.0 Å². The molecule has 0 aromatic carbocycles. The predicted octanol–water partition coefficient (Wildman–Crippen LogP) is 1.37. The van der Waals surface area contributed by atoms with Crippen LogP contribution < -0.4 is 0 Å². The van der Waals surface area contributed by atoms with Crippen molar-refractivity contribution in [2.24, 2.45) is 0 Å². The second-order valence-corrected chi connectivity index (χ2v) is 2.40. The highest BCUT2D eigenvalue weighted by Gasteiger charge is 2.34. The monoisotopic (exact) mass is 135 g/mol. The summed E-state index contributed by atoms with van der Waals surface area (Å²) < 4.78 is 24.5. The van der Waals surface area contributed by atoms with E-state index in [2.05, 4.69) is 0 Å². The van der Waals surface area contributed by atoms with Crippen LogP contribution in [0, 0.1) is 6.42 Å². The van der Waals surface area contributed by atoms with Crippen LogP contribution in [-0.2, 0) is 0 Å². The quantitative estimate of drug-likeness (QED) is 0.532. The van der Waals surface area contributed by atoms with Crippen LogP contribution in [0.4, 0.5) is 8.78 Å². The van der Waals surface area contributed by atoms with E-state index in [-0.39, 0.29) is 19.3 Å². The number of alkyl halides is 2. The second kappa shape index (κ2) is 2.21. The van der Waals surface area contributed by atoms with E-state index in [1.54, 1.807) is 0 Å². The molecule has 0 bridgehead atoms. The van der Waals surface area contributed by atoms with Crippen molar-refractivity contribution < 1.29 is 13.9 Å². The van der Waals surface area contributed by atoms with E-state index in [1.165, 1.54) is 6.42 Å². The summed E-state index contributed by atoms with van der Waals surface area (Å²) in [5, 5.41) is 8.75. The van der Waals surface area contributed by atoms with Gasteiger partial charge in [-0.3, -0.25) is 0 Å². The zero-order chi connectivity index (χ0) is 6.91. The first kappa shape index (κ1) is 6.93. The van der Waals surface area contributed by atoms with Crippen molar-refractivity contribution in [1.82, 2.24) is 0 Å². The van der Waals surface area contributed by atoms with Gasteiger partial charge in [0.25, 0.3) is 0 Å². The van der Waals surface area contributed by atoms with Gasteiger partial charge in [0, 0.05) is 12.8 Å². The predicted molar refractivity (Wildman–Crippen MR) is 29.1 cm³/mol. The average Bonchev–Trinajstić information content (AvgIpc) is 1.78. The summed E-state index contributed by atoms with van der Waals surface area (Å²) in [7, 11) is 0. The molecule has 1 nitrogen and oxygen atoms in total. The molecule has 1 fully saturated rings. The van der Waals surface area contributed by atoms with Crippen LogP contribution in [0.3, 0.4) is 0 Å². The van der Waals surface area contributed by atoms with E-state index in [4.69, 9.17) is 5.11 Å². The summed E-state index contributed by atoms with van der Waals surface area (Å²) in [4.78, 5) is 0. The Hall–Kier alpha value is -0.180. The fraction of sp³-hybridized carbons (Fsp3) is 0.833. The van der Waals surface area contributed by atoms with Crippen molar-refractivity contribution in [2.45, 2.75) is 31.3 Å². The van der Waals surface area contributed by atoms with Crippen LogP contribution in [-0.4, -0.2) is 17.1 Å². The lowest BCUT2D eigenvalue weighted by atomic mass is 9.94. The van der Waals surface area contributed by atoms with Crippen molar-refractivity contribution in [2.75, 3.05) is 0 Å². The molecule has 1 aliphatic carbocycles. The zero-order valence-electron chi connectivity index (χ0n) is 4.98. The number of rotatable bonds is 0. The largest absolute Gasteiger partial charge is 0.393 e. The summed E-state index contributed by atoms with van der Waals surface area (Å²) >= 11 is 0. The molecule has 1 aliphatic rings. The van der Waals surface area contributed by atoms with Gasteiger partial charge >= 0.3 is 0 Å². The zero-order valence-corrected chi connectivity index (χ0v) is 4.98. The fourth-order valence-corrected chi connectivity index (χ4v) is 0.887. The van der Waals surface area contributed by atoms with E-state index >= 15 is 0 Å². The Kier molecular flexibility index (Phi) is 1.70. The summed E-state index contributed by atoms with van der Waals surface area (Å²) in [5.41, 5.74) is 0. The van der Waals surface area contributed by atoms with Gasteiger partial charge in [0.2, 0.25) is 5.92 Å². The molecule has 0 heterocycles. The van der Waals surface area contributed by atoms with Gasteiger partial charge in [-0.05, 0) is 12.8 Å². The first-order valence-electron chi connectivity index (χ1n) is 2.99. The van der Waals surface area contributed by atoms with Gasteiger partial charge in [-0.25, -0.2) is 8.78 Å². The van der Waals surface area contributed by atoms with Crippen LogP contribution >= 0.6 is 0 Å². The molecule has 0 saturated heterocycles. The molecule has 9 heavy (non-hydrogen) atoms. The van der Waals surface area contributed by atoms with Crippen molar-refractivity contribution >= 4 is 0 Å². The van der Waals surface area contributed by atoms with E-state index in [1.807, 2.05) is 0 Å². The maximum atomic E-state index is 12.2. The summed E-state index contributed by atoms with van der Waals surface area (Å²) in [6.07, 6.45) is 0.416. The van der Waals surface area contributed by atoms with Crippen molar-refractivity contribution in [3.63, 3.8) is 0 Å². The Labute approximate surface area is 52.7 Å². The van der Waals surface area contributed by atoms with E-state index in [0.717, 1.165) is 0 Å². The molecule has 3 heteroatoms. The maximum Gasteiger partial charge on any atom is 0.248 e. The van der Waals surface area contributed by atoms with Gasteiger partial charge < -0.3 is 5.11 Å². The van der Waals surface area contributed by atoms with Crippen LogP contribution in [0.25, 0.3) is 0 Å². The normalized spacial score (nSPS) is 28.3. The van der Waals surface area contributed by atoms with Crippen molar-refractivity contribution in [1.29, 1.82) is 0 Å². The molecule has 0 spiro atoms. The lowest BCUT2D eigenvalue weighted by molar-refractivity contribution is -0.0415. The lowest BCUT2D eigenvalue weighted by Gasteiger charge is -2.24. The molecule has 1 N–H and O–H groups in total. The van der Waals surface area contributed by atoms with Crippen molar-refractivity contribution in [3.8, 4) is 0 Å². The van der Waals surface area contributed by atoms with E-state index in [0.29, 0.717) is 0 Å². The topological polar surface area (TPSA) is 20.2 Å². The summed E-state index contributed by atoms with van der Waals surface area (Å²) in [6.45, 7) is 0. The first-order chi connectivity index (χ1) is 4.10. The highest BCUT2D eigenvalue weighted by Crippen LogP contribution is 2.32. The van der Waals surface area contributed by atoms with Gasteiger partial charge in [0.05, 0.1) is 6.10 Å². The maximum absolute atomic E-state index is 12.2. The fourth-order valence-electron chi connectivity index (χ4n) is 0.887. The molecule has 1 unspecified atom stereocenters. The molecule has 0 aromatic heterocycles. The molecule has 53 valence electrons. The van der Waals surface area contributed by atoms with Gasteiger partial charge in [-0.2, -0.15) is 0 Å². The Bertz CT molecular complexity index is 93.2. The van der Waals surface area contributed by atoms with Crippen LogP contribution in [0.1, 0.15) is 19.3 Å². The Morgan fingerprint density at radius 2 is 2.22 bits per heavy atom. The molecule has 0 aliphatic heterocycles. The summed E-state index contributed by atoms with van der Waals surface area (Å²) in [5.74, 6) is -2.56. The van der Waals surface area contributed by atoms with Gasteiger partial charge in [-0.1, -0.05) is 0 Å². The Morgan fingerprint density at radius 1 is 1.56 bits per heavy atom. The Balaban J connectivity index is 2.35. The molecular formula is C6H9F2O. The SMILES string of the molecule is OC1[CH]CC(F)(F)CC1. The molecular weight excluding hydrogens is 126 g/mol. The minimum Gasteiger partial charge on any atom is -0.393 e. The third kappa shape index (κ3) is 1.90. The number of aliphatic hydroxyl groups excluding tert-OH is 1. The number of aliphatic hydroxyl groups is 1. The number of halogens is 2. The average molecular weight is 135 g/mol. The molecule has 1 radical (unpaired) electrons. The van der Waals surface area contributed by atoms with Crippen LogP contribution in [0.5, 0.6) is 0 Å². The molecule has 1 atom stereocenters. The molecule has 1 saturated carbocycles. The first-order valence-corrected chi connectivity index (χ1v) is 2.99. The van der Waals surface area contributed by atoms with Crippen molar-refractivity contribution in [3.05, 3.63) is 6.42 Å². The van der Waals surface area contributed by atoms with Crippen LogP contribution in [0.2, 0.25) is 0 Å². The summed E-state index contributed by atoms with van der Waals surface area (Å²) in [6, 6.07) is 0. The smallest absolute Gasteiger partial charge is 0.248 e. The standard InChI is InChI=1S/C6H9F2O/c7-6(8)3-1-5(9)2-4-6/h1,5,9H,2-4H2. The van der Waals surface area contributed by atoms with Crippen LogP contribution in [0.15, 0.2) is 0 Å². The number of hydrogen-bond acceptors (Lipinski definition) is 1. The Morgan fingerprint density at radius 3 is 2.56 bits per heavy atom.